The minimum Gasteiger partial charge on any atom is -0.383 e. The van der Waals surface area contributed by atoms with Crippen LogP contribution in [0.2, 0.25) is 0 Å². The van der Waals surface area contributed by atoms with Gasteiger partial charge in [-0.05, 0) is 37.4 Å². The predicted octanol–water partition coefficient (Wildman–Crippen LogP) is 1.18. The Bertz CT molecular complexity index is 610. The zero-order valence-corrected chi connectivity index (χ0v) is 11.5. The second kappa shape index (κ2) is 5.85. The average Bonchev–Trinajstić information content (AvgIpc) is 2.37. The first kappa shape index (κ1) is 13.6. The van der Waals surface area contributed by atoms with E-state index in [4.69, 9.17) is 5.73 Å². The second-order valence-corrected chi connectivity index (χ2v) is 5.03. The summed E-state index contributed by atoms with van der Waals surface area (Å²) in [6.07, 6.45) is 1.80. The van der Waals surface area contributed by atoms with Gasteiger partial charge in [-0.15, -0.1) is 0 Å². The smallest absolute Gasteiger partial charge is 0.253 e. The molecule has 0 bridgehead atoms. The summed E-state index contributed by atoms with van der Waals surface area (Å²) in [6.45, 7) is 2.06. The van der Waals surface area contributed by atoms with Crippen LogP contribution in [0.4, 0.5) is 5.82 Å². The lowest BCUT2D eigenvalue weighted by atomic mass is 10.1. The molecule has 0 aromatic carbocycles. The number of hydrogen-bond acceptors (Lipinski definition) is 6. The van der Waals surface area contributed by atoms with E-state index in [1.807, 2.05) is 19.2 Å². The van der Waals surface area contributed by atoms with E-state index < -0.39 is 0 Å². The Hall–Kier alpha value is -1.86. The van der Waals surface area contributed by atoms with Gasteiger partial charge in [0.25, 0.3) is 5.56 Å². The second-order valence-electron chi connectivity index (χ2n) is 4.02. The van der Waals surface area contributed by atoms with Gasteiger partial charge in [0.2, 0.25) is 0 Å². The Morgan fingerprint density at radius 3 is 2.84 bits per heavy atom. The molecule has 0 aliphatic rings. The number of nitrogens with two attached hydrogens (primary N) is 1. The van der Waals surface area contributed by atoms with Gasteiger partial charge >= 0.3 is 0 Å². The maximum Gasteiger partial charge on any atom is 0.253 e. The maximum atomic E-state index is 11.3. The third-order valence-corrected chi connectivity index (χ3v) is 3.47. The minimum atomic E-state index is -0.268. The van der Waals surface area contributed by atoms with Crippen LogP contribution < -0.4 is 16.6 Å². The third kappa shape index (κ3) is 3.55. The Morgan fingerprint density at radius 1 is 1.47 bits per heavy atom. The summed E-state index contributed by atoms with van der Waals surface area (Å²) in [5, 5.41) is 4.33. The van der Waals surface area contributed by atoms with Crippen LogP contribution in [0.3, 0.4) is 0 Å². The van der Waals surface area contributed by atoms with Gasteiger partial charge in [0, 0.05) is 18.3 Å². The molecule has 2 aromatic heterocycles. The number of nitrogen functional groups attached to an aromatic ring is 1. The van der Waals surface area contributed by atoms with Crippen molar-refractivity contribution >= 4 is 17.6 Å². The topological polar surface area (TPSA) is 96.7 Å². The van der Waals surface area contributed by atoms with Crippen LogP contribution in [0, 0.1) is 0 Å². The first-order valence-electron chi connectivity index (χ1n) is 5.76. The number of H-pyrrole nitrogens is 1. The van der Waals surface area contributed by atoms with E-state index in [2.05, 4.69) is 27.2 Å². The van der Waals surface area contributed by atoms with Gasteiger partial charge in [-0.2, -0.15) is 0 Å². The highest BCUT2D eigenvalue weighted by molar-refractivity contribution is 7.99. The summed E-state index contributed by atoms with van der Waals surface area (Å²) in [4.78, 5) is 22.2. The fourth-order valence-electron chi connectivity index (χ4n) is 1.48. The Kier molecular flexibility index (Phi) is 4.18. The van der Waals surface area contributed by atoms with E-state index in [0.717, 1.165) is 10.6 Å². The zero-order valence-electron chi connectivity index (χ0n) is 10.7. The quantitative estimate of drug-likeness (QED) is 0.726. The minimum absolute atomic E-state index is 0.201. The van der Waals surface area contributed by atoms with Gasteiger partial charge in [-0.25, -0.2) is 9.97 Å². The molecule has 0 aliphatic carbocycles. The molecule has 6 nitrogen and oxygen atoms in total. The standard InChI is InChI=1S/C12H15N5OS/c1-7(14-2)8-3-4-11(15-6-8)19-12-16-9(13)5-10(18)17-12/h3-7,14H,1-2H3,(H3,13,16,17,18). The molecule has 19 heavy (non-hydrogen) atoms. The summed E-state index contributed by atoms with van der Waals surface area (Å²) in [5.74, 6) is 0.201. The summed E-state index contributed by atoms with van der Waals surface area (Å²) in [7, 11) is 1.90. The van der Waals surface area contributed by atoms with Crippen LogP contribution >= 0.6 is 11.8 Å². The molecule has 2 aromatic rings. The fraction of sp³-hybridized carbons (Fsp3) is 0.250. The highest BCUT2D eigenvalue weighted by Crippen LogP contribution is 2.23. The van der Waals surface area contributed by atoms with Crippen molar-refractivity contribution in [3.63, 3.8) is 0 Å². The van der Waals surface area contributed by atoms with Crippen LogP contribution in [0.25, 0.3) is 0 Å². The van der Waals surface area contributed by atoms with E-state index in [1.165, 1.54) is 17.8 Å². The van der Waals surface area contributed by atoms with Gasteiger partial charge in [0.15, 0.2) is 5.16 Å². The molecule has 0 saturated heterocycles. The van der Waals surface area contributed by atoms with Crippen molar-refractivity contribution < 1.29 is 0 Å². The van der Waals surface area contributed by atoms with Gasteiger partial charge in [-0.3, -0.25) is 4.79 Å². The monoisotopic (exact) mass is 277 g/mol. The van der Waals surface area contributed by atoms with Gasteiger partial charge in [-0.1, -0.05) is 6.07 Å². The number of anilines is 1. The number of hydrogen-bond donors (Lipinski definition) is 3. The molecule has 2 heterocycles. The van der Waals surface area contributed by atoms with Gasteiger partial charge in [0.1, 0.15) is 10.8 Å². The summed E-state index contributed by atoms with van der Waals surface area (Å²) in [6, 6.07) is 5.37. The molecule has 0 saturated carbocycles. The van der Waals surface area contributed by atoms with Crippen molar-refractivity contribution in [2.45, 2.75) is 23.1 Å². The van der Waals surface area contributed by atoms with Crippen LogP contribution in [-0.4, -0.2) is 22.0 Å². The third-order valence-electron chi connectivity index (χ3n) is 2.63. The molecule has 1 unspecified atom stereocenters. The largest absolute Gasteiger partial charge is 0.383 e. The van der Waals surface area contributed by atoms with Crippen LogP contribution in [-0.2, 0) is 0 Å². The number of pyridine rings is 1. The van der Waals surface area contributed by atoms with Gasteiger partial charge < -0.3 is 16.0 Å². The molecule has 0 amide bonds. The van der Waals surface area contributed by atoms with E-state index in [-0.39, 0.29) is 17.4 Å². The first-order valence-corrected chi connectivity index (χ1v) is 6.58. The molecule has 0 fully saturated rings. The van der Waals surface area contributed by atoms with Crippen molar-refractivity contribution in [2.24, 2.45) is 0 Å². The van der Waals surface area contributed by atoms with Crippen LogP contribution in [0.5, 0.6) is 0 Å². The molecular weight excluding hydrogens is 262 g/mol. The number of rotatable bonds is 4. The molecule has 100 valence electrons. The lowest BCUT2D eigenvalue weighted by Gasteiger charge is -2.10. The molecule has 7 heteroatoms. The maximum absolute atomic E-state index is 11.3. The molecule has 0 spiro atoms. The first-order chi connectivity index (χ1) is 9.08. The van der Waals surface area contributed by atoms with E-state index in [0.29, 0.717) is 5.16 Å². The zero-order chi connectivity index (χ0) is 13.8. The van der Waals surface area contributed by atoms with Crippen LogP contribution in [0.1, 0.15) is 18.5 Å². The number of nitrogens with one attached hydrogen (secondary N) is 2. The molecule has 4 N–H and O–H groups in total. The Morgan fingerprint density at radius 2 is 2.26 bits per heavy atom. The average molecular weight is 277 g/mol. The van der Waals surface area contributed by atoms with E-state index in [9.17, 15) is 4.79 Å². The number of aromatic nitrogens is 3. The summed E-state index contributed by atoms with van der Waals surface area (Å²) < 4.78 is 0. The number of nitrogens with zero attached hydrogens (tertiary/aromatic N) is 2. The Labute approximate surface area is 114 Å². The van der Waals surface area contributed by atoms with Crippen molar-refractivity contribution in [3.8, 4) is 0 Å². The normalized spacial score (nSPS) is 12.3. The lowest BCUT2D eigenvalue weighted by Crippen LogP contribution is -2.12. The SMILES string of the molecule is CNC(C)c1ccc(Sc2nc(N)cc(=O)[nH]2)nc1. The lowest BCUT2D eigenvalue weighted by molar-refractivity contribution is 0.648. The van der Waals surface area contributed by atoms with Crippen molar-refractivity contribution in [1.29, 1.82) is 0 Å². The molecule has 0 aliphatic heterocycles. The predicted molar refractivity (Wildman–Crippen MR) is 75.1 cm³/mol. The van der Waals surface area contributed by atoms with E-state index >= 15 is 0 Å². The molecule has 1 atom stereocenters. The number of aromatic amines is 1. The van der Waals surface area contributed by atoms with Crippen molar-refractivity contribution in [1.82, 2.24) is 20.3 Å². The molecule has 2 rings (SSSR count). The highest BCUT2D eigenvalue weighted by atomic mass is 32.2. The highest BCUT2D eigenvalue weighted by Gasteiger charge is 2.06. The van der Waals surface area contributed by atoms with Gasteiger partial charge in [0.05, 0.1) is 0 Å². The summed E-state index contributed by atoms with van der Waals surface area (Å²) >= 11 is 1.27. The summed E-state index contributed by atoms with van der Waals surface area (Å²) in [5.41, 5.74) is 6.35. The van der Waals surface area contributed by atoms with Crippen molar-refractivity contribution in [2.75, 3.05) is 12.8 Å². The van der Waals surface area contributed by atoms with Crippen molar-refractivity contribution in [3.05, 3.63) is 40.3 Å². The Balaban J connectivity index is 2.17. The van der Waals surface area contributed by atoms with E-state index in [1.54, 1.807) is 6.20 Å². The molecule has 0 radical (unpaired) electrons. The fourth-order valence-corrected chi connectivity index (χ4v) is 2.22. The molecular formula is C12H15N5OS. The van der Waals surface area contributed by atoms with Crippen LogP contribution in [0.15, 0.2) is 39.4 Å².